The second-order valence-electron chi connectivity index (χ2n) is 5.28. The zero-order chi connectivity index (χ0) is 20.8. The highest BCUT2D eigenvalue weighted by Gasteiger charge is 2.16. The van der Waals surface area contributed by atoms with Crippen LogP contribution in [-0.2, 0) is 0 Å². The fourth-order valence-corrected chi connectivity index (χ4v) is 5.19. The molecule has 1 heterocycles. The van der Waals surface area contributed by atoms with E-state index in [1.807, 2.05) is 13.8 Å². The molecule has 3 rings (SSSR count). The number of benzene rings is 2. The summed E-state index contributed by atoms with van der Waals surface area (Å²) >= 11 is 11.8. The Morgan fingerprint density at radius 2 is 1.68 bits per heavy atom. The normalized spacial score (nSPS) is 10.3. The molecule has 0 spiro atoms. The third-order valence-corrected chi connectivity index (χ3v) is 6.79. The van der Waals surface area contributed by atoms with Gasteiger partial charge in [-0.25, -0.2) is 13.2 Å². The summed E-state index contributed by atoms with van der Waals surface area (Å²) in [5.74, 6) is -2.69. The van der Waals surface area contributed by atoms with Crippen molar-refractivity contribution in [1.82, 2.24) is 0 Å². The summed E-state index contributed by atoms with van der Waals surface area (Å²) in [4.78, 5) is 0. The Morgan fingerprint density at radius 1 is 1.00 bits per heavy atom. The van der Waals surface area contributed by atoms with Crippen molar-refractivity contribution in [3.8, 4) is 0 Å². The van der Waals surface area contributed by atoms with Crippen LogP contribution in [0, 0.1) is 24.4 Å². The second kappa shape index (κ2) is 10.4. The Bertz CT molecular complexity index is 967. The molecule has 1 aromatic heterocycles. The number of rotatable bonds is 5. The van der Waals surface area contributed by atoms with Gasteiger partial charge in [0.1, 0.15) is 11.5 Å². The molecule has 0 bridgehead atoms. The predicted molar refractivity (Wildman–Crippen MR) is 119 cm³/mol. The smallest absolute Gasteiger partial charge is 0.184 e. The third-order valence-electron chi connectivity index (χ3n) is 3.36. The van der Waals surface area contributed by atoms with E-state index in [1.54, 1.807) is 19.1 Å². The van der Waals surface area contributed by atoms with E-state index >= 15 is 0 Å². The van der Waals surface area contributed by atoms with Gasteiger partial charge in [0.2, 0.25) is 0 Å². The van der Waals surface area contributed by atoms with Gasteiger partial charge in [-0.05, 0) is 70.7 Å². The summed E-state index contributed by atoms with van der Waals surface area (Å²) in [6.07, 6.45) is 0. The first-order valence-electron chi connectivity index (χ1n) is 8.24. The minimum absolute atomic E-state index is 0.0495. The molecule has 0 saturated heterocycles. The van der Waals surface area contributed by atoms with Crippen LogP contribution in [0.1, 0.15) is 19.4 Å². The molecule has 0 fully saturated rings. The van der Waals surface area contributed by atoms with E-state index < -0.39 is 17.5 Å². The summed E-state index contributed by atoms with van der Waals surface area (Å²) in [6, 6.07) is 8.58. The molecule has 0 aliphatic carbocycles. The van der Waals surface area contributed by atoms with Crippen LogP contribution in [0.2, 0.25) is 4.34 Å². The lowest BCUT2D eigenvalue weighted by Gasteiger charge is -2.15. The van der Waals surface area contributed by atoms with Gasteiger partial charge in [0.25, 0.3) is 0 Å². The van der Waals surface area contributed by atoms with Gasteiger partial charge in [0.05, 0.1) is 19.9 Å². The van der Waals surface area contributed by atoms with Crippen molar-refractivity contribution in [2.45, 2.75) is 25.0 Å². The van der Waals surface area contributed by atoms with Crippen molar-refractivity contribution in [3.63, 3.8) is 0 Å². The van der Waals surface area contributed by atoms with E-state index in [1.165, 1.54) is 41.5 Å². The Hall–Kier alpha value is -1.35. The standard InChI is InChI=1S/C17H11BrClF3N2S2.C2H6/c1-8-2-4-12(11(21)6-8)23-16-13(5-3-10(20)15(16)22)24-26-17-9(18)7-14(19)25-17;1-2/h2-7,23-24H,1H3;1-2H3. The average Bonchev–Trinajstić information content (AvgIpc) is 2.99. The van der Waals surface area contributed by atoms with Crippen LogP contribution in [0.4, 0.5) is 30.2 Å². The number of thiophene rings is 1. The SMILES string of the molecule is CC.Cc1ccc(Nc2c(NSc3sc(Cl)cc3Br)ccc(F)c2F)c(F)c1. The number of anilines is 3. The first-order valence-corrected chi connectivity index (χ1v) is 11.0. The summed E-state index contributed by atoms with van der Waals surface area (Å²) in [5, 5.41) is 2.63. The van der Waals surface area contributed by atoms with Crippen molar-refractivity contribution in [2.75, 3.05) is 10.0 Å². The predicted octanol–water partition coefficient (Wildman–Crippen LogP) is 8.78. The number of nitrogens with one attached hydrogen (secondary N) is 2. The number of halogens is 5. The van der Waals surface area contributed by atoms with E-state index in [-0.39, 0.29) is 17.1 Å². The topological polar surface area (TPSA) is 24.1 Å². The lowest BCUT2D eigenvalue weighted by molar-refractivity contribution is 0.512. The van der Waals surface area contributed by atoms with Crippen molar-refractivity contribution < 1.29 is 13.2 Å². The molecule has 0 atom stereocenters. The summed E-state index contributed by atoms with van der Waals surface area (Å²) in [7, 11) is 0. The largest absolute Gasteiger partial charge is 0.349 e. The third kappa shape index (κ3) is 5.59. The maximum atomic E-state index is 14.3. The summed E-state index contributed by atoms with van der Waals surface area (Å²) < 4.78 is 47.2. The first kappa shape index (κ1) is 22.9. The lowest BCUT2D eigenvalue weighted by Crippen LogP contribution is -2.02. The van der Waals surface area contributed by atoms with Crippen molar-refractivity contribution in [3.05, 3.63) is 68.2 Å². The van der Waals surface area contributed by atoms with E-state index in [9.17, 15) is 13.2 Å². The quantitative estimate of drug-likeness (QED) is 0.336. The molecule has 2 nitrogen and oxygen atoms in total. The van der Waals surface area contributed by atoms with Gasteiger partial charge >= 0.3 is 0 Å². The molecule has 0 radical (unpaired) electrons. The van der Waals surface area contributed by atoms with E-state index in [4.69, 9.17) is 11.6 Å². The van der Waals surface area contributed by atoms with E-state index in [0.29, 0.717) is 4.34 Å². The Balaban J connectivity index is 0.00000136. The molecule has 3 aromatic rings. The zero-order valence-corrected chi connectivity index (χ0v) is 19.1. The monoisotopic (exact) mass is 508 g/mol. The zero-order valence-electron chi connectivity index (χ0n) is 15.2. The van der Waals surface area contributed by atoms with Crippen LogP contribution >= 0.6 is 50.8 Å². The average molecular weight is 510 g/mol. The molecular formula is C19H17BrClF3N2S2. The van der Waals surface area contributed by atoms with Gasteiger partial charge in [-0.3, -0.25) is 0 Å². The van der Waals surface area contributed by atoms with Crippen LogP contribution in [0.5, 0.6) is 0 Å². The highest BCUT2D eigenvalue weighted by atomic mass is 79.9. The molecule has 150 valence electrons. The molecule has 0 unspecified atom stereocenters. The molecule has 0 amide bonds. The highest BCUT2D eigenvalue weighted by Crippen LogP contribution is 2.40. The summed E-state index contributed by atoms with van der Waals surface area (Å²) in [6.45, 7) is 5.74. The fourth-order valence-electron chi connectivity index (χ4n) is 2.11. The molecule has 9 heteroatoms. The van der Waals surface area contributed by atoms with Crippen LogP contribution in [0.25, 0.3) is 0 Å². The maximum Gasteiger partial charge on any atom is 0.184 e. The minimum atomic E-state index is -1.10. The second-order valence-corrected chi connectivity index (χ2v) is 8.90. The van der Waals surface area contributed by atoms with E-state index in [0.717, 1.165) is 20.3 Å². The van der Waals surface area contributed by atoms with Crippen LogP contribution < -0.4 is 10.0 Å². The fraction of sp³-hybridized carbons (Fsp3) is 0.158. The maximum absolute atomic E-state index is 14.3. The van der Waals surface area contributed by atoms with Gasteiger partial charge in [0.15, 0.2) is 11.6 Å². The van der Waals surface area contributed by atoms with Gasteiger partial charge in [-0.2, -0.15) is 0 Å². The molecular weight excluding hydrogens is 493 g/mol. The van der Waals surface area contributed by atoms with Gasteiger partial charge in [-0.15, -0.1) is 11.3 Å². The van der Waals surface area contributed by atoms with Crippen LogP contribution in [-0.4, -0.2) is 0 Å². The van der Waals surface area contributed by atoms with Gasteiger partial charge in [-0.1, -0.05) is 31.5 Å². The molecule has 28 heavy (non-hydrogen) atoms. The van der Waals surface area contributed by atoms with Gasteiger partial charge < -0.3 is 10.0 Å². The van der Waals surface area contributed by atoms with Crippen LogP contribution in [0.15, 0.2) is 45.1 Å². The molecule has 0 aliphatic heterocycles. The Morgan fingerprint density at radius 3 is 2.29 bits per heavy atom. The highest BCUT2D eigenvalue weighted by molar-refractivity contribution is 9.10. The minimum Gasteiger partial charge on any atom is -0.349 e. The summed E-state index contributed by atoms with van der Waals surface area (Å²) in [5.41, 5.74) is 0.860. The number of hydrogen-bond acceptors (Lipinski definition) is 4. The van der Waals surface area contributed by atoms with Crippen molar-refractivity contribution in [1.29, 1.82) is 0 Å². The van der Waals surface area contributed by atoms with Crippen molar-refractivity contribution >= 4 is 67.9 Å². The molecule has 2 aromatic carbocycles. The van der Waals surface area contributed by atoms with Gasteiger partial charge in [0, 0.05) is 4.47 Å². The number of aryl methyl sites for hydroxylation is 1. The molecule has 0 aliphatic rings. The molecule has 0 saturated carbocycles. The van der Waals surface area contributed by atoms with Crippen LogP contribution in [0.3, 0.4) is 0 Å². The Labute approximate surface area is 183 Å². The van der Waals surface area contributed by atoms with E-state index in [2.05, 4.69) is 26.0 Å². The first-order chi connectivity index (χ1) is 13.3. The lowest BCUT2D eigenvalue weighted by atomic mass is 10.2. The molecule has 2 N–H and O–H groups in total. The Kier molecular flexibility index (Phi) is 8.55. The number of hydrogen-bond donors (Lipinski definition) is 2. The van der Waals surface area contributed by atoms with Crippen molar-refractivity contribution in [2.24, 2.45) is 0 Å².